The molecule has 1 atom stereocenters. The van der Waals surface area contributed by atoms with E-state index < -0.39 is 6.04 Å². The van der Waals surface area contributed by atoms with Crippen molar-refractivity contribution >= 4 is 0 Å². The lowest BCUT2D eigenvalue weighted by Crippen LogP contribution is -2.21. The third-order valence-corrected chi connectivity index (χ3v) is 2.17. The van der Waals surface area contributed by atoms with Crippen LogP contribution in [0.1, 0.15) is 11.6 Å². The zero-order chi connectivity index (χ0) is 11.4. The minimum Gasteiger partial charge on any atom is -0.507 e. The van der Waals surface area contributed by atoms with Crippen LogP contribution in [0.25, 0.3) is 0 Å². The molecule has 5 heteroatoms. The van der Waals surface area contributed by atoms with Crippen LogP contribution in [0.3, 0.4) is 0 Å². The van der Waals surface area contributed by atoms with Crippen molar-refractivity contribution in [3.05, 3.63) is 17.7 Å². The van der Waals surface area contributed by atoms with Crippen LogP contribution in [0.4, 0.5) is 0 Å². The predicted molar refractivity (Wildman–Crippen MR) is 57.2 cm³/mol. The minimum atomic E-state index is -0.453. The highest BCUT2D eigenvalue weighted by molar-refractivity contribution is 5.51. The fraction of sp³-hybridized carbons (Fsp3) is 0.400. The summed E-state index contributed by atoms with van der Waals surface area (Å²) in [6, 6.07) is 2.68. The Bertz CT molecular complexity index is 342. The van der Waals surface area contributed by atoms with Gasteiger partial charge in [-0.2, -0.15) is 0 Å². The zero-order valence-corrected chi connectivity index (χ0v) is 8.86. The van der Waals surface area contributed by atoms with E-state index in [1.54, 1.807) is 6.07 Å². The first-order valence-electron chi connectivity index (χ1n) is 4.54. The number of rotatable bonds is 4. The molecule has 1 aromatic rings. The second kappa shape index (κ2) is 4.86. The molecule has 0 radical (unpaired) electrons. The Hall–Kier alpha value is -1.46. The van der Waals surface area contributed by atoms with E-state index in [4.69, 9.17) is 20.9 Å². The van der Waals surface area contributed by atoms with Gasteiger partial charge < -0.3 is 26.0 Å². The number of aromatic hydroxyl groups is 1. The third kappa shape index (κ3) is 2.31. The van der Waals surface area contributed by atoms with Gasteiger partial charge in [-0.25, -0.2) is 0 Å². The van der Waals surface area contributed by atoms with Crippen molar-refractivity contribution in [1.29, 1.82) is 0 Å². The molecule has 0 saturated heterocycles. The Balaban J connectivity index is 3.24. The van der Waals surface area contributed by atoms with Crippen molar-refractivity contribution in [2.24, 2.45) is 11.5 Å². The number of benzene rings is 1. The van der Waals surface area contributed by atoms with Gasteiger partial charge in [0.15, 0.2) is 0 Å². The Kier molecular flexibility index (Phi) is 3.76. The highest BCUT2D eigenvalue weighted by Crippen LogP contribution is 2.36. The van der Waals surface area contributed by atoms with Gasteiger partial charge in [-0.15, -0.1) is 0 Å². The summed E-state index contributed by atoms with van der Waals surface area (Å²) >= 11 is 0. The summed E-state index contributed by atoms with van der Waals surface area (Å²) in [5, 5.41) is 9.74. The van der Waals surface area contributed by atoms with Crippen molar-refractivity contribution in [1.82, 2.24) is 0 Å². The molecule has 5 N–H and O–H groups in total. The second-order valence-corrected chi connectivity index (χ2v) is 3.10. The molecular formula is C10H16N2O3. The molecule has 0 amide bonds. The molecule has 0 aliphatic rings. The average Bonchev–Trinajstić information content (AvgIpc) is 2.26. The van der Waals surface area contributed by atoms with Gasteiger partial charge in [0.1, 0.15) is 17.2 Å². The van der Waals surface area contributed by atoms with E-state index in [0.29, 0.717) is 17.1 Å². The number of nitrogens with two attached hydrogens (primary N) is 2. The molecule has 0 heterocycles. The summed E-state index contributed by atoms with van der Waals surface area (Å²) in [5.74, 6) is 1.02. The van der Waals surface area contributed by atoms with Crippen molar-refractivity contribution in [2.45, 2.75) is 6.04 Å². The Labute approximate surface area is 88.6 Å². The van der Waals surface area contributed by atoms with E-state index in [1.165, 1.54) is 20.3 Å². The molecule has 0 spiro atoms. The Morgan fingerprint density at radius 3 is 2.47 bits per heavy atom. The van der Waals surface area contributed by atoms with Crippen LogP contribution in [-0.4, -0.2) is 25.9 Å². The lowest BCUT2D eigenvalue weighted by Gasteiger charge is -2.16. The zero-order valence-electron chi connectivity index (χ0n) is 8.86. The van der Waals surface area contributed by atoms with Gasteiger partial charge in [-0.3, -0.25) is 0 Å². The third-order valence-electron chi connectivity index (χ3n) is 2.17. The number of ether oxygens (including phenoxy) is 2. The summed E-state index contributed by atoms with van der Waals surface area (Å²) < 4.78 is 10.1. The molecule has 5 nitrogen and oxygen atoms in total. The van der Waals surface area contributed by atoms with Crippen molar-refractivity contribution in [3.63, 3.8) is 0 Å². The monoisotopic (exact) mass is 212 g/mol. The molecule has 0 unspecified atom stereocenters. The van der Waals surface area contributed by atoms with Crippen LogP contribution in [-0.2, 0) is 0 Å². The van der Waals surface area contributed by atoms with E-state index in [0.717, 1.165) is 0 Å². The molecule has 0 aliphatic carbocycles. The molecule has 0 bridgehead atoms. The minimum absolute atomic E-state index is 0.0316. The van der Waals surface area contributed by atoms with E-state index in [-0.39, 0.29) is 12.3 Å². The number of phenols is 1. The summed E-state index contributed by atoms with van der Waals surface area (Å²) in [6.45, 7) is 0.232. The fourth-order valence-corrected chi connectivity index (χ4v) is 1.36. The molecular weight excluding hydrogens is 196 g/mol. The summed E-state index contributed by atoms with van der Waals surface area (Å²) in [4.78, 5) is 0. The highest BCUT2D eigenvalue weighted by atomic mass is 16.5. The molecule has 0 saturated carbocycles. The Morgan fingerprint density at radius 2 is 2.00 bits per heavy atom. The number of methoxy groups -OCH3 is 2. The molecule has 15 heavy (non-hydrogen) atoms. The lowest BCUT2D eigenvalue weighted by molar-refractivity contribution is 0.375. The standard InChI is InChI=1S/C10H16N2O3/c1-14-6-3-8(13)10(7(12)5-11)9(4-6)15-2/h3-4,7,13H,5,11-12H2,1-2H3/t7-/m1/s1. The molecule has 1 aromatic carbocycles. The normalized spacial score (nSPS) is 12.3. The number of hydrogen-bond donors (Lipinski definition) is 3. The van der Waals surface area contributed by atoms with Gasteiger partial charge in [0.25, 0.3) is 0 Å². The smallest absolute Gasteiger partial charge is 0.131 e. The first kappa shape index (κ1) is 11.6. The van der Waals surface area contributed by atoms with E-state index in [9.17, 15) is 5.11 Å². The maximum absolute atomic E-state index is 9.74. The van der Waals surface area contributed by atoms with Crippen LogP contribution >= 0.6 is 0 Å². The van der Waals surface area contributed by atoms with Gasteiger partial charge >= 0.3 is 0 Å². The van der Waals surface area contributed by atoms with E-state index >= 15 is 0 Å². The van der Waals surface area contributed by atoms with Crippen molar-refractivity contribution in [3.8, 4) is 17.2 Å². The summed E-state index contributed by atoms with van der Waals surface area (Å²) in [5.41, 5.74) is 11.7. The lowest BCUT2D eigenvalue weighted by atomic mass is 10.0. The maximum atomic E-state index is 9.74. The summed E-state index contributed by atoms with van der Waals surface area (Å²) in [6.07, 6.45) is 0. The van der Waals surface area contributed by atoms with Crippen LogP contribution in [0.5, 0.6) is 17.2 Å². The van der Waals surface area contributed by atoms with Gasteiger partial charge in [0.05, 0.1) is 19.8 Å². The molecule has 84 valence electrons. The van der Waals surface area contributed by atoms with E-state index in [1.807, 2.05) is 0 Å². The highest BCUT2D eigenvalue weighted by Gasteiger charge is 2.17. The quantitative estimate of drug-likeness (QED) is 0.670. The van der Waals surface area contributed by atoms with Crippen molar-refractivity contribution in [2.75, 3.05) is 20.8 Å². The van der Waals surface area contributed by atoms with E-state index in [2.05, 4.69) is 0 Å². The Morgan fingerprint density at radius 1 is 1.33 bits per heavy atom. The first-order chi connectivity index (χ1) is 7.13. The molecule has 1 rings (SSSR count). The van der Waals surface area contributed by atoms with Gasteiger partial charge in [-0.1, -0.05) is 0 Å². The SMILES string of the molecule is COc1cc(O)c([C@H](N)CN)c(OC)c1. The van der Waals surface area contributed by atoms with Crippen LogP contribution in [0.2, 0.25) is 0 Å². The summed E-state index contributed by atoms with van der Waals surface area (Å²) in [7, 11) is 3.01. The number of hydrogen-bond acceptors (Lipinski definition) is 5. The van der Waals surface area contributed by atoms with Crippen LogP contribution in [0, 0.1) is 0 Å². The average molecular weight is 212 g/mol. The van der Waals surface area contributed by atoms with Gasteiger partial charge in [0.2, 0.25) is 0 Å². The predicted octanol–water partition coefficient (Wildman–Crippen LogP) is 0.368. The first-order valence-corrected chi connectivity index (χ1v) is 4.54. The van der Waals surface area contributed by atoms with Gasteiger partial charge in [0, 0.05) is 24.7 Å². The largest absolute Gasteiger partial charge is 0.507 e. The second-order valence-electron chi connectivity index (χ2n) is 3.10. The van der Waals surface area contributed by atoms with Crippen molar-refractivity contribution < 1.29 is 14.6 Å². The molecule has 0 aliphatic heterocycles. The van der Waals surface area contributed by atoms with Gasteiger partial charge in [-0.05, 0) is 0 Å². The van der Waals surface area contributed by atoms with Crippen LogP contribution < -0.4 is 20.9 Å². The number of phenolic OH excluding ortho intramolecular Hbond substituents is 1. The fourth-order valence-electron chi connectivity index (χ4n) is 1.36. The molecule has 0 fully saturated rings. The molecule has 0 aromatic heterocycles. The van der Waals surface area contributed by atoms with Crippen LogP contribution in [0.15, 0.2) is 12.1 Å². The maximum Gasteiger partial charge on any atom is 0.131 e. The topological polar surface area (TPSA) is 90.7 Å².